The monoisotopic (exact) mass is 387 g/mol. The van der Waals surface area contributed by atoms with Crippen molar-refractivity contribution in [3.63, 3.8) is 0 Å². The Morgan fingerprint density at radius 2 is 2.00 bits per heavy atom. The summed E-state index contributed by atoms with van der Waals surface area (Å²) >= 11 is 7.06. The first-order chi connectivity index (χ1) is 9.20. The van der Waals surface area contributed by atoms with Crippen LogP contribution in [0.2, 0.25) is 0 Å². The zero-order valence-corrected chi connectivity index (χ0v) is 14.3. The van der Waals surface area contributed by atoms with Gasteiger partial charge in [0.1, 0.15) is 5.75 Å². The first-order valence-electron chi connectivity index (χ1n) is 6.61. The molecule has 0 spiro atoms. The van der Waals surface area contributed by atoms with E-state index in [4.69, 9.17) is 4.74 Å². The van der Waals surface area contributed by atoms with Crippen molar-refractivity contribution in [2.45, 2.75) is 32.2 Å². The molecule has 1 aromatic rings. The lowest BCUT2D eigenvalue weighted by atomic mass is 10.1. The number of halogens is 2. The van der Waals surface area contributed by atoms with Crippen molar-refractivity contribution in [3.8, 4) is 5.75 Å². The van der Waals surface area contributed by atoms with Gasteiger partial charge in [-0.1, -0.05) is 11.6 Å². The van der Waals surface area contributed by atoms with Gasteiger partial charge in [-0.15, -0.1) is 0 Å². The van der Waals surface area contributed by atoms with Crippen LogP contribution in [0.25, 0.3) is 0 Å². The Labute approximate surface area is 131 Å². The highest BCUT2D eigenvalue weighted by atomic mass is 79.9. The van der Waals surface area contributed by atoms with E-state index in [1.165, 1.54) is 31.2 Å². The van der Waals surface area contributed by atoms with Crippen LogP contribution in [0.15, 0.2) is 32.7 Å². The van der Waals surface area contributed by atoms with Gasteiger partial charge in [0.05, 0.1) is 16.1 Å². The minimum atomic E-state index is 0.847. The number of methoxy groups -OCH3 is 1. The molecule has 0 heterocycles. The van der Waals surface area contributed by atoms with E-state index in [0.717, 1.165) is 27.8 Å². The van der Waals surface area contributed by atoms with Gasteiger partial charge in [-0.05, 0) is 81.8 Å². The highest BCUT2D eigenvalue weighted by Crippen LogP contribution is 2.34. The fourth-order valence-corrected chi connectivity index (χ4v) is 3.96. The van der Waals surface area contributed by atoms with Gasteiger partial charge in [0, 0.05) is 6.54 Å². The highest BCUT2D eigenvalue weighted by molar-refractivity contribution is 9.11. The summed E-state index contributed by atoms with van der Waals surface area (Å²) in [4.78, 5) is 0. The van der Waals surface area contributed by atoms with Gasteiger partial charge in [0.2, 0.25) is 0 Å². The number of rotatable bonds is 6. The zero-order valence-electron chi connectivity index (χ0n) is 11.1. The summed E-state index contributed by atoms with van der Waals surface area (Å²) in [6.07, 6.45) is 7.48. The van der Waals surface area contributed by atoms with Crippen LogP contribution in [-0.2, 0) is 6.54 Å². The van der Waals surface area contributed by atoms with E-state index in [1.807, 2.05) is 0 Å². The van der Waals surface area contributed by atoms with Gasteiger partial charge >= 0.3 is 0 Å². The Kier molecular flexibility index (Phi) is 5.92. The summed E-state index contributed by atoms with van der Waals surface area (Å²) in [6.45, 7) is 1.93. The third-order valence-corrected chi connectivity index (χ3v) is 4.53. The molecule has 1 aromatic carbocycles. The smallest absolute Gasteiger partial charge is 0.147 e. The molecule has 2 rings (SSSR count). The van der Waals surface area contributed by atoms with Crippen molar-refractivity contribution in [2.75, 3.05) is 13.7 Å². The summed E-state index contributed by atoms with van der Waals surface area (Å²) in [5.74, 6) is 0.847. The van der Waals surface area contributed by atoms with Crippen LogP contribution in [0, 0.1) is 0 Å². The molecule has 0 unspecified atom stereocenters. The van der Waals surface area contributed by atoms with Crippen LogP contribution >= 0.6 is 31.9 Å². The molecule has 0 saturated carbocycles. The van der Waals surface area contributed by atoms with E-state index >= 15 is 0 Å². The van der Waals surface area contributed by atoms with Crippen molar-refractivity contribution in [1.82, 2.24) is 5.32 Å². The molecule has 0 amide bonds. The number of hydrogen-bond donors (Lipinski definition) is 1. The molecule has 0 saturated heterocycles. The summed E-state index contributed by atoms with van der Waals surface area (Å²) < 4.78 is 7.27. The van der Waals surface area contributed by atoms with Crippen molar-refractivity contribution < 1.29 is 4.74 Å². The maximum Gasteiger partial charge on any atom is 0.147 e. The van der Waals surface area contributed by atoms with Gasteiger partial charge in [-0.2, -0.15) is 0 Å². The minimum Gasteiger partial charge on any atom is -0.494 e. The summed E-state index contributed by atoms with van der Waals surface area (Å²) in [5.41, 5.74) is 2.87. The van der Waals surface area contributed by atoms with Crippen molar-refractivity contribution in [1.29, 1.82) is 0 Å². The lowest BCUT2D eigenvalue weighted by Crippen LogP contribution is -2.15. The minimum absolute atomic E-state index is 0.847. The van der Waals surface area contributed by atoms with E-state index in [9.17, 15) is 0 Å². The van der Waals surface area contributed by atoms with E-state index in [0.29, 0.717) is 0 Å². The van der Waals surface area contributed by atoms with Gasteiger partial charge in [0.25, 0.3) is 0 Å². The van der Waals surface area contributed by atoms with Gasteiger partial charge < -0.3 is 10.1 Å². The fourth-order valence-electron chi connectivity index (χ4n) is 2.36. The Morgan fingerprint density at radius 3 is 2.58 bits per heavy atom. The topological polar surface area (TPSA) is 21.3 Å². The molecule has 0 aromatic heterocycles. The fraction of sp³-hybridized carbons (Fsp3) is 0.467. The molecule has 2 nitrogen and oxygen atoms in total. The zero-order chi connectivity index (χ0) is 13.7. The molecule has 104 valence electrons. The van der Waals surface area contributed by atoms with E-state index in [1.54, 1.807) is 12.7 Å². The normalized spacial score (nSPS) is 14.6. The van der Waals surface area contributed by atoms with Gasteiger partial charge in [-0.25, -0.2) is 0 Å². The molecule has 0 aliphatic heterocycles. The predicted molar refractivity (Wildman–Crippen MR) is 86.7 cm³/mol. The molecule has 1 aliphatic rings. The van der Waals surface area contributed by atoms with Crippen LogP contribution in [0.5, 0.6) is 5.75 Å². The lowest BCUT2D eigenvalue weighted by Gasteiger charge is -2.10. The SMILES string of the molecule is COc1c(Br)cc(CNCCC2=CCCC2)cc1Br. The van der Waals surface area contributed by atoms with E-state index < -0.39 is 0 Å². The third-order valence-electron chi connectivity index (χ3n) is 3.35. The molecule has 0 radical (unpaired) electrons. The molecule has 0 bridgehead atoms. The molecular formula is C15H19Br2NO. The average Bonchev–Trinajstić information content (AvgIpc) is 2.87. The van der Waals surface area contributed by atoms with E-state index in [2.05, 4.69) is 55.4 Å². The van der Waals surface area contributed by atoms with Crippen LogP contribution < -0.4 is 10.1 Å². The van der Waals surface area contributed by atoms with E-state index in [-0.39, 0.29) is 0 Å². The number of ether oxygens (including phenoxy) is 1. The lowest BCUT2D eigenvalue weighted by molar-refractivity contribution is 0.409. The summed E-state index contributed by atoms with van der Waals surface area (Å²) in [6, 6.07) is 4.21. The van der Waals surface area contributed by atoms with Crippen LogP contribution in [-0.4, -0.2) is 13.7 Å². The average molecular weight is 389 g/mol. The van der Waals surface area contributed by atoms with Crippen LogP contribution in [0.1, 0.15) is 31.2 Å². The number of hydrogen-bond acceptors (Lipinski definition) is 2. The molecule has 1 N–H and O–H groups in total. The van der Waals surface area contributed by atoms with Crippen LogP contribution in [0.3, 0.4) is 0 Å². The Morgan fingerprint density at radius 1 is 1.26 bits per heavy atom. The van der Waals surface area contributed by atoms with Gasteiger partial charge in [-0.3, -0.25) is 0 Å². The molecule has 0 atom stereocenters. The maximum atomic E-state index is 5.30. The molecule has 19 heavy (non-hydrogen) atoms. The molecule has 4 heteroatoms. The number of benzene rings is 1. The van der Waals surface area contributed by atoms with Crippen molar-refractivity contribution in [3.05, 3.63) is 38.3 Å². The first-order valence-corrected chi connectivity index (χ1v) is 8.20. The second-order valence-electron chi connectivity index (χ2n) is 4.77. The number of allylic oxidation sites excluding steroid dienone is 1. The molecule has 0 fully saturated rings. The standard InChI is InChI=1S/C15H19Br2NO/c1-19-15-13(16)8-12(9-14(15)17)10-18-7-6-11-4-2-3-5-11/h4,8-9,18H,2-3,5-7,10H2,1H3. The molecular weight excluding hydrogens is 370 g/mol. The predicted octanol–water partition coefficient (Wildman–Crippen LogP) is 4.81. The quantitative estimate of drug-likeness (QED) is 0.557. The molecule has 1 aliphatic carbocycles. The third kappa shape index (κ3) is 4.33. The Hall–Kier alpha value is -0.320. The second kappa shape index (κ2) is 7.46. The second-order valence-corrected chi connectivity index (χ2v) is 6.48. The summed E-state index contributed by atoms with van der Waals surface area (Å²) in [5, 5.41) is 3.50. The highest BCUT2D eigenvalue weighted by Gasteiger charge is 2.08. The maximum absolute atomic E-state index is 5.30. The Balaban J connectivity index is 1.82. The van der Waals surface area contributed by atoms with Crippen LogP contribution in [0.4, 0.5) is 0 Å². The van der Waals surface area contributed by atoms with Crippen molar-refractivity contribution in [2.24, 2.45) is 0 Å². The largest absolute Gasteiger partial charge is 0.494 e. The first kappa shape index (κ1) is 15.1. The van der Waals surface area contributed by atoms with Gasteiger partial charge in [0.15, 0.2) is 0 Å². The summed E-state index contributed by atoms with van der Waals surface area (Å²) in [7, 11) is 1.68. The number of nitrogens with one attached hydrogen (secondary N) is 1. The Bertz CT molecular complexity index is 448. The van der Waals surface area contributed by atoms with Crippen molar-refractivity contribution >= 4 is 31.9 Å².